The molecule has 2 N–H and O–H groups in total. The van der Waals surface area contributed by atoms with E-state index in [9.17, 15) is 0 Å². The molecule has 11 heavy (non-hydrogen) atoms. The van der Waals surface area contributed by atoms with Crippen molar-refractivity contribution in [2.24, 2.45) is 0 Å². The number of rotatable bonds is 7. The maximum absolute atomic E-state index is 4.96. The van der Waals surface area contributed by atoms with Gasteiger partial charge in [-0.2, -0.15) is 5.43 Å². The minimum Gasteiger partial charge on any atom is -0.333 e. The number of ether oxygens (including phenoxy) is 2. The summed E-state index contributed by atoms with van der Waals surface area (Å²) in [6, 6.07) is 0. The zero-order valence-electron chi connectivity index (χ0n) is 7.35. The van der Waals surface area contributed by atoms with E-state index in [1.807, 2.05) is 6.26 Å². The lowest BCUT2D eigenvalue weighted by Gasteiger charge is -2.16. The van der Waals surface area contributed by atoms with Gasteiger partial charge in [0.1, 0.15) is 0 Å². The third-order valence-electron chi connectivity index (χ3n) is 1.10. The summed E-state index contributed by atoms with van der Waals surface area (Å²) in [6.07, 6.45) is 2.05. The third-order valence-corrected chi connectivity index (χ3v) is 1.54. The van der Waals surface area contributed by atoms with E-state index in [1.165, 1.54) is 0 Å². The van der Waals surface area contributed by atoms with Gasteiger partial charge >= 0.3 is 0 Å². The zero-order valence-corrected chi connectivity index (χ0v) is 8.16. The first-order valence-corrected chi connectivity index (χ1v) is 4.80. The van der Waals surface area contributed by atoms with Gasteiger partial charge in [-0.05, 0) is 6.26 Å². The Bertz CT molecular complexity index is 79.0. The van der Waals surface area contributed by atoms with Gasteiger partial charge < -0.3 is 9.47 Å². The Morgan fingerprint density at radius 3 is 2.18 bits per heavy atom. The van der Waals surface area contributed by atoms with Crippen molar-refractivity contribution in [2.75, 3.05) is 39.8 Å². The Morgan fingerprint density at radius 1 is 1.27 bits per heavy atom. The van der Waals surface area contributed by atoms with Crippen LogP contribution in [0.5, 0.6) is 0 Å². The van der Waals surface area contributed by atoms with Crippen LogP contribution in [0.1, 0.15) is 0 Å². The standard InChI is InChI=1S/C6H16N2O2S/c1-9-5-8(6-10-2)7-4-11-3/h7H,4-6H2,1-3H3/p+1. The molecule has 0 saturated carbocycles. The van der Waals surface area contributed by atoms with E-state index >= 15 is 0 Å². The van der Waals surface area contributed by atoms with Crippen LogP contribution in [0.3, 0.4) is 0 Å². The van der Waals surface area contributed by atoms with E-state index in [4.69, 9.17) is 9.47 Å². The lowest BCUT2D eigenvalue weighted by atomic mass is 11.0. The van der Waals surface area contributed by atoms with Crippen molar-refractivity contribution in [3.8, 4) is 0 Å². The molecule has 0 aromatic heterocycles. The molecular formula is C6H17N2O2S+. The van der Waals surface area contributed by atoms with Gasteiger partial charge in [0.25, 0.3) is 0 Å². The van der Waals surface area contributed by atoms with Crippen LogP contribution in [0.4, 0.5) is 0 Å². The van der Waals surface area contributed by atoms with Gasteiger partial charge in [-0.1, -0.05) is 0 Å². The molecule has 0 aliphatic rings. The molecule has 0 fully saturated rings. The highest BCUT2D eigenvalue weighted by atomic mass is 32.2. The van der Waals surface area contributed by atoms with E-state index in [1.54, 1.807) is 26.0 Å². The van der Waals surface area contributed by atoms with E-state index in [0.29, 0.717) is 13.5 Å². The van der Waals surface area contributed by atoms with E-state index in [-0.39, 0.29) is 0 Å². The van der Waals surface area contributed by atoms with Crippen LogP contribution in [0.2, 0.25) is 0 Å². The minimum atomic E-state index is 0.619. The van der Waals surface area contributed by atoms with Crippen molar-refractivity contribution in [1.29, 1.82) is 0 Å². The van der Waals surface area contributed by atoms with E-state index in [0.717, 1.165) is 10.9 Å². The summed E-state index contributed by atoms with van der Waals surface area (Å²) in [6.45, 7) is 1.24. The number of quaternary nitrogens is 1. The van der Waals surface area contributed by atoms with Crippen molar-refractivity contribution in [2.45, 2.75) is 0 Å². The molecule has 0 aromatic rings. The number of hydrogen-bond donors (Lipinski definition) is 2. The van der Waals surface area contributed by atoms with Crippen molar-refractivity contribution >= 4 is 11.8 Å². The quantitative estimate of drug-likeness (QED) is 0.386. The van der Waals surface area contributed by atoms with Crippen LogP contribution in [0.25, 0.3) is 0 Å². The summed E-state index contributed by atoms with van der Waals surface area (Å²) in [5.41, 5.74) is 3.20. The maximum atomic E-state index is 4.96. The van der Waals surface area contributed by atoms with Crippen LogP contribution < -0.4 is 10.4 Å². The number of thioether (sulfide) groups is 1. The molecule has 0 aliphatic carbocycles. The van der Waals surface area contributed by atoms with Gasteiger partial charge in [0, 0.05) is 14.2 Å². The summed E-state index contributed by atoms with van der Waals surface area (Å²) in [7, 11) is 3.35. The van der Waals surface area contributed by atoms with Gasteiger partial charge in [-0.3, -0.25) is 0 Å². The first kappa shape index (κ1) is 11.2. The average Bonchev–Trinajstić information content (AvgIpc) is 2.01. The Hall–Kier alpha value is 0.190. The maximum Gasteiger partial charge on any atom is 0.200 e. The Morgan fingerprint density at radius 2 is 1.82 bits per heavy atom. The normalized spacial score (nSPS) is 10.9. The lowest BCUT2D eigenvalue weighted by molar-refractivity contribution is -0.977. The first-order chi connectivity index (χ1) is 5.35. The summed E-state index contributed by atoms with van der Waals surface area (Å²) in [5.74, 6) is 0.905. The van der Waals surface area contributed by atoms with Crippen molar-refractivity contribution in [1.82, 2.24) is 5.43 Å². The highest BCUT2D eigenvalue weighted by molar-refractivity contribution is 7.98. The summed E-state index contributed by atoms with van der Waals surface area (Å²) in [5, 5.41) is 1.09. The molecule has 68 valence electrons. The molecule has 0 amide bonds. The van der Waals surface area contributed by atoms with Gasteiger partial charge in [-0.25, -0.2) is 5.01 Å². The van der Waals surface area contributed by atoms with E-state index < -0.39 is 0 Å². The fourth-order valence-corrected chi connectivity index (χ4v) is 1.01. The second-order valence-corrected chi connectivity index (χ2v) is 2.95. The predicted octanol–water partition coefficient (Wildman–Crippen LogP) is -1.10. The fraction of sp³-hybridized carbons (Fsp3) is 1.00. The molecule has 0 radical (unpaired) electrons. The molecule has 5 heteroatoms. The third kappa shape index (κ3) is 6.58. The van der Waals surface area contributed by atoms with Crippen LogP contribution in [0, 0.1) is 0 Å². The topological polar surface area (TPSA) is 34.9 Å². The monoisotopic (exact) mass is 181 g/mol. The van der Waals surface area contributed by atoms with Crippen LogP contribution in [-0.2, 0) is 9.47 Å². The number of hydrogen-bond acceptors (Lipinski definition) is 4. The van der Waals surface area contributed by atoms with Gasteiger partial charge in [0.05, 0.1) is 5.88 Å². The number of nitrogens with one attached hydrogen (secondary N) is 2. The zero-order chi connectivity index (χ0) is 8.53. The van der Waals surface area contributed by atoms with Crippen molar-refractivity contribution in [3.05, 3.63) is 0 Å². The average molecular weight is 181 g/mol. The first-order valence-electron chi connectivity index (χ1n) is 3.40. The fourth-order valence-electron chi connectivity index (χ4n) is 0.666. The molecule has 0 unspecified atom stereocenters. The molecular weight excluding hydrogens is 164 g/mol. The molecule has 0 aromatic carbocycles. The summed E-state index contributed by atoms with van der Waals surface area (Å²) >= 11 is 1.74. The minimum absolute atomic E-state index is 0.619. The van der Waals surface area contributed by atoms with Gasteiger partial charge in [0.2, 0.25) is 13.5 Å². The molecule has 4 nitrogen and oxygen atoms in total. The SMILES string of the molecule is COC[NH+](COC)NCSC. The molecule has 0 spiro atoms. The Balaban J connectivity index is 3.34. The second kappa shape index (κ2) is 8.29. The highest BCUT2D eigenvalue weighted by Crippen LogP contribution is 1.81. The second-order valence-electron chi connectivity index (χ2n) is 2.08. The number of methoxy groups -OCH3 is 2. The molecule has 0 aliphatic heterocycles. The van der Waals surface area contributed by atoms with Crippen LogP contribution >= 0.6 is 11.8 Å². The smallest absolute Gasteiger partial charge is 0.200 e. The Labute approximate surface area is 72.2 Å². The van der Waals surface area contributed by atoms with Crippen LogP contribution in [0.15, 0.2) is 0 Å². The molecule has 0 heterocycles. The highest BCUT2D eigenvalue weighted by Gasteiger charge is 2.04. The largest absolute Gasteiger partial charge is 0.333 e. The molecule has 0 rings (SSSR count). The Kier molecular flexibility index (Phi) is 8.43. The van der Waals surface area contributed by atoms with Crippen LogP contribution in [-0.4, -0.2) is 39.8 Å². The lowest BCUT2D eigenvalue weighted by Crippen LogP contribution is -3.19. The summed E-state index contributed by atoms with van der Waals surface area (Å²) < 4.78 is 9.93. The molecule has 0 atom stereocenters. The summed E-state index contributed by atoms with van der Waals surface area (Å²) in [4.78, 5) is 0. The van der Waals surface area contributed by atoms with Crippen molar-refractivity contribution in [3.63, 3.8) is 0 Å². The molecule has 0 bridgehead atoms. The van der Waals surface area contributed by atoms with Gasteiger partial charge in [0.15, 0.2) is 0 Å². The van der Waals surface area contributed by atoms with Gasteiger partial charge in [-0.15, -0.1) is 11.8 Å². The predicted molar refractivity (Wildman–Crippen MR) is 46.2 cm³/mol. The molecule has 0 saturated heterocycles. The van der Waals surface area contributed by atoms with Crippen molar-refractivity contribution < 1.29 is 14.5 Å². The van der Waals surface area contributed by atoms with E-state index in [2.05, 4.69) is 5.43 Å².